The van der Waals surface area contributed by atoms with E-state index in [0.29, 0.717) is 24.4 Å². The van der Waals surface area contributed by atoms with Gasteiger partial charge in [0.2, 0.25) is 0 Å². The Morgan fingerprint density at radius 3 is 1.87 bits per heavy atom. The van der Waals surface area contributed by atoms with Gasteiger partial charge in [-0.3, -0.25) is 4.79 Å². The third kappa shape index (κ3) is 8.48. The first-order valence-corrected chi connectivity index (χ1v) is 19.7. The van der Waals surface area contributed by atoms with Crippen LogP contribution in [0.3, 0.4) is 0 Å². The Morgan fingerprint density at radius 1 is 0.788 bits per heavy atom. The van der Waals surface area contributed by atoms with Gasteiger partial charge in [-0.05, 0) is 99.8 Å². The fraction of sp³-hybridized carbons (Fsp3) is 0.511. The molecule has 5 heteroatoms. The molecule has 0 amide bonds. The van der Waals surface area contributed by atoms with Gasteiger partial charge in [0.25, 0.3) is 0 Å². The molecule has 278 valence electrons. The Balaban J connectivity index is 1.17. The van der Waals surface area contributed by atoms with Crippen molar-refractivity contribution >= 4 is 5.97 Å². The summed E-state index contributed by atoms with van der Waals surface area (Å²) in [6, 6.07) is 31.6. The highest BCUT2D eigenvalue weighted by Gasteiger charge is 2.44. The van der Waals surface area contributed by atoms with Crippen LogP contribution >= 0.6 is 0 Å². The Bertz CT molecular complexity index is 1560. The van der Waals surface area contributed by atoms with E-state index in [4.69, 9.17) is 18.9 Å². The van der Waals surface area contributed by atoms with Crippen LogP contribution in [0, 0.1) is 29.1 Å². The smallest absolute Gasteiger partial charge is 0.311 e. The van der Waals surface area contributed by atoms with Crippen molar-refractivity contribution in [2.24, 2.45) is 29.1 Å². The van der Waals surface area contributed by atoms with Gasteiger partial charge in [-0.2, -0.15) is 0 Å². The van der Waals surface area contributed by atoms with E-state index >= 15 is 0 Å². The van der Waals surface area contributed by atoms with Crippen LogP contribution in [0.2, 0.25) is 0 Å². The number of fused-ring (bicyclic) bond motifs is 1. The predicted octanol–water partition coefficient (Wildman–Crippen LogP) is 10.8. The average Bonchev–Trinajstić information content (AvgIpc) is 3.13. The molecule has 0 bridgehead atoms. The average molecular weight is 705 g/mol. The van der Waals surface area contributed by atoms with Crippen LogP contribution < -0.4 is 0 Å². The molecule has 0 saturated carbocycles. The van der Waals surface area contributed by atoms with Crippen molar-refractivity contribution in [3.63, 3.8) is 0 Å². The lowest BCUT2D eigenvalue weighted by atomic mass is 9.65. The van der Waals surface area contributed by atoms with E-state index in [2.05, 4.69) is 130 Å². The van der Waals surface area contributed by atoms with Crippen molar-refractivity contribution in [1.29, 1.82) is 0 Å². The molecule has 1 saturated heterocycles. The van der Waals surface area contributed by atoms with E-state index in [1.807, 2.05) is 27.7 Å². The molecular formula is C47H60O5. The summed E-state index contributed by atoms with van der Waals surface area (Å²) < 4.78 is 26.7. The number of hydrogen-bond acceptors (Lipinski definition) is 5. The van der Waals surface area contributed by atoms with E-state index in [1.165, 1.54) is 5.57 Å². The maximum Gasteiger partial charge on any atom is 0.311 e. The van der Waals surface area contributed by atoms with Gasteiger partial charge < -0.3 is 18.9 Å². The van der Waals surface area contributed by atoms with Gasteiger partial charge in [0, 0.05) is 12.3 Å². The Hall–Kier alpha value is -3.51. The fourth-order valence-electron chi connectivity index (χ4n) is 8.73. The molecule has 3 aromatic rings. The summed E-state index contributed by atoms with van der Waals surface area (Å²) >= 11 is 0. The van der Waals surface area contributed by atoms with Gasteiger partial charge in [-0.25, -0.2) is 0 Å². The molecule has 6 rings (SSSR count). The first-order chi connectivity index (χ1) is 24.9. The van der Waals surface area contributed by atoms with Crippen LogP contribution in [-0.4, -0.2) is 36.7 Å². The standard InChI is InChI=1S/C47H60O5/c1-8-45(4,5)44(48)50-42-31-33(2)30-35-25-24-34(3)41(43(35)42)27-26-39-32-40(52-46(6,7)51-39)28-29-49-47(36-18-12-9-13-19-36,37-20-14-10-15-21-37)38-22-16-11-17-23-38/h9-25,30,33-34,39-43H,8,26-29,31-32H2,1-7H3/t33-,34?,39+,40-,41-,42-,43-/m0/s1. The lowest BCUT2D eigenvalue weighted by Crippen LogP contribution is -2.46. The van der Waals surface area contributed by atoms with E-state index in [1.54, 1.807) is 0 Å². The molecule has 1 heterocycles. The first-order valence-electron chi connectivity index (χ1n) is 19.7. The number of rotatable bonds is 13. The summed E-state index contributed by atoms with van der Waals surface area (Å²) in [6.45, 7) is 15.2. The number of allylic oxidation sites excluding steroid dienone is 3. The second-order valence-electron chi connectivity index (χ2n) is 16.6. The molecule has 1 aliphatic heterocycles. The van der Waals surface area contributed by atoms with E-state index < -0.39 is 16.8 Å². The quantitative estimate of drug-likeness (QED) is 0.131. The summed E-state index contributed by atoms with van der Waals surface area (Å²) in [5, 5.41) is 0. The molecule has 1 fully saturated rings. The molecule has 1 unspecified atom stereocenters. The Morgan fingerprint density at radius 2 is 1.33 bits per heavy atom. The number of benzene rings is 3. The molecule has 0 aromatic heterocycles. The van der Waals surface area contributed by atoms with Crippen molar-refractivity contribution in [1.82, 2.24) is 0 Å². The number of ether oxygens (including phenoxy) is 4. The van der Waals surface area contributed by atoms with Crippen LogP contribution in [-0.2, 0) is 29.3 Å². The maximum atomic E-state index is 13.3. The molecule has 0 radical (unpaired) electrons. The van der Waals surface area contributed by atoms with Crippen LogP contribution in [0.5, 0.6) is 0 Å². The van der Waals surface area contributed by atoms with Crippen molar-refractivity contribution in [3.05, 3.63) is 131 Å². The highest BCUT2D eigenvalue weighted by Crippen LogP contribution is 2.46. The number of esters is 1. The summed E-state index contributed by atoms with van der Waals surface area (Å²) in [5.41, 5.74) is 3.38. The minimum Gasteiger partial charge on any atom is -0.461 e. The molecule has 0 spiro atoms. The largest absolute Gasteiger partial charge is 0.461 e. The maximum absolute atomic E-state index is 13.3. The molecule has 7 atom stereocenters. The van der Waals surface area contributed by atoms with Gasteiger partial charge in [-0.15, -0.1) is 0 Å². The zero-order valence-electron chi connectivity index (χ0n) is 32.4. The van der Waals surface area contributed by atoms with Crippen LogP contribution in [0.4, 0.5) is 0 Å². The lowest BCUT2D eigenvalue weighted by molar-refractivity contribution is -0.303. The van der Waals surface area contributed by atoms with Crippen LogP contribution in [0.1, 0.15) is 104 Å². The zero-order valence-corrected chi connectivity index (χ0v) is 32.4. The van der Waals surface area contributed by atoms with Crippen LogP contribution in [0.25, 0.3) is 0 Å². The zero-order chi connectivity index (χ0) is 36.9. The molecule has 52 heavy (non-hydrogen) atoms. The number of carbonyl (C=O) groups excluding carboxylic acids is 1. The van der Waals surface area contributed by atoms with Gasteiger partial charge >= 0.3 is 5.97 Å². The van der Waals surface area contributed by atoms with Crippen molar-refractivity contribution in [2.45, 2.75) is 117 Å². The van der Waals surface area contributed by atoms with Gasteiger partial charge in [0.05, 0.1) is 24.2 Å². The van der Waals surface area contributed by atoms with Crippen molar-refractivity contribution in [2.75, 3.05) is 6.61 Å². The first kappa shape index (κ1) is 38.2. The van der Waals surface area contributed by atoms with Gasteiger partial charge in [-0.1, -0.05) is 130 Å². The molecule has 2 aliphatic carbocycles. The minimum atomic E-state index is -0.760. The summed E-state index contributed by atoms with van der Waals surface area (Å²) in [6.07, 6.45) is 12.1. The van der Waals surface area contributed by atoms with Gasteiger partial charge in [0.1, 0.15) is 11.7 Å². The van der Waals surface area contributed by atoms with E-state index in [-0.39, 0.29) is 30.2 Å². The van der Waals surface area contributed by atoms with E-state index in [0.717, 1.165) is 55.2 Å². The molecule has 3 aromatic carbocycles. The van der Waals surface area contributed by atoms with E-state index in [9.17, 15) is 4.79 Å². The van der Waals surface area contributed by atoms with Crippen molar-refractivity contribution < 1.29 is 23.7 Å². The molecule has 0 N–H and O–H groups in total. The highest BCUT2D eigenvalue weighted by atomic mass is 16.7. The second-order valence-corrected chi connectivity index (χ2v) is 16.6. The molecule has 3 aliphatic rings. The summed E-state index contributed by atoms with van der Waals surface area (Å²) in [4.78, 5) is 13.3. The minimum absolute atomic E-state index is 0.00610. The predicted molar refractivity (Wildman–Crippen MR) is 209 cm³/mol. The molecular weight excluding hydrogens is 645 g/mol. The summed E-state index contributed by atoms with van der Waals surface area (Å²) in [7, 11) is 0. The third-order valence-electron chi connectivity index (χ3n) is 11.8. The van der Waals surface area contributed by atoms with Crippen LogP contribution in [0.15, 0.2) is 115 Å². The SMILES string of the molecule is CCC(C)(C)C(=O)O[C@H]1C[C@@H](C)C=C2C=CC(C)[C@H](CC[C@@H]3C[C@H](CCOC(c4ccccc4)(c4ccccc4)c4ccccc4)OC(C)(C)O3)[C@H]21. The highest BCUT2D eigenvalue weighted by molar-refractivity contribution is 5.76. The Kier molecular flexibility index (Phi) is 11.9. The molecule has 5 nitrogen and oxygen atoms in total. The monoisotopic (exact) mass is 704 g/mol. The second kappa shape index (κ2) is 16.2. The Labute approximate surface area is 312 Å². The summed E-state index contributed by atoms with van der Waals surface area (Å²) in [5.74, 6) is 0.549. The third-order valence-corrected chi connectivity index (χ3v) is 11.8. The number of carbonyl (C=O) groups is 1. The van der Waals surface area contributed by atoms with Gasteiger partial charge in [0.15, 0.2) is 5.79 Å². The topological polar surface area (TPSA) is 54.0 Å². The van der Waals surface area contributed by atoms with Crippen molar-refractivity contribution in [3.8, 4) is 0 Å². The normalized spacial score (nSPS) is 27.4. The fourth-order valence-corrected chi connectivity index (χ4v) is 8.73. The lowest BCUT2D eigenvalue weighted by Gasteiger charge is -2.45. The number of hydrogen-bond donors (Lipinski definition) is 0.